The van der Waals surface area contributed by atoms with Crippen LogP contribution in [0.3, 0.4) is 0 Å². The zero-order valence-corrected chi connectivity index (χ0v) is 13.5. The first-order valence-corrected chi connectivity index (χ1v) is 7.70. The standard InChI is InChI=1S/C15H17Cl2N3O2/c16-12-4-1-3-11(14(12)17)5-6-13(21)19-7-2-8-20(10-9-19)15(18)22/h1,3-6H,2,7-10H2,(H2,18,22). The van der Waals surface area contributed by atoms with E-state index in [1.807, 2.05) is 0 Å². The highest BCUT2D eigenvalue weighted by atomic mass is 35.5. The van der Waals surface area contributed by atoms with Gasteiger partial charge in [-0.2, -0.15) is 0 Å². The zero-order valence-electron chi connectivity index (χ0n) is 12.0. The fraction of sp³-hybridized carbons (Fsp3) is 0.333. The summed E-state index contributed by atoms with van der Waals surface area (Å²) in [6, 6.07) is 4.80. The molecule has 2 N–H and O–H groups in total. The van der Waals surface area contributed by atoms with Gasteiger partial charge in [0.1, 0.15) is 0 Å². The summed E-state index contributed by atoms with van der Waals surface area (Å²) in [5.74, 6) is -0.123. The highest BCUT2D eigenvalue weighted by Gasteiger charge is 2.19. The molecule has 1 aromatic rings. The van der Waals surface area contributed by atoms with Crippen LogP contribution in [0.5, 0.6) is 0 Å². The Kier molecular flexibility index (Phi) is 5.69. The van der Waals surface area contributed by atoms with Crippen molar-refractivity contribution >= 4 is 41.2 Å². The van der Waals surface area contributed by atoms with Gasteiger partial charge < -0.3 is 15.5 Å². The molecule has 1 aliphatic heterocycles. The molecular formula is C15H17Cl2N3O2. The van der Waals surface area contributed by atoms with Gasteiger partial charge >= 0.3 is 6.03 Å². The molecule has 0 spiro atoms. The minimum absolute atomic E-state index is 0.123. The first kappa shape index (κ1) is 16.6. The molecule has 22 heavy (non-hydrogen) atoms. The minimum atomic E-state index is -0.449. The van der Waals surface area contributed by atoms with Crippen LogP contribution in [0.25, 0.3) is 6.08 Å². The number of hydrogen-bond acceptors (Lipinski definition) is 2. The van der Waals surface area contributed by atoms with Crippen LogP contribution in [0.1, 0.15) is 12.0 Å². The number of urea groups is 1. The average Bonchev–Trinajstić information content (AvgIpc) is 2.74. The topological polar surface area (TPSA) is 66.6 Å². The summed E-state index contributed by atoms with van der Waals surface area (Å²) in [7, 11) is 0. The van der Waals surface area contributed by atoms with E-state index in [0.717, 1.165) is 0 Å². The number of primary amides is 1. The zero-order chi connectivity index (χ0) is 16.1. The number of amides is 3. The summed E-state index contributed by atoms with van der Waals surface area (Å²) in [5, 5.41) is 0.868. The molecule has 2 rings (SSSR count). The smallest absolute Gasteiger partial charge is 0.314 e. The van der Waals surface area contributed by atoms with E-state index in [2.05, 4.69) is 0 Å². The molecular weight excluding hydrogens is 325 g/mol. The van der Waals surface area contributed by atoms with Gasteiger partial charge in [0, 0.05) is 32.3 Å². The second-order valence-corrected chi connectivity index (χ2v) is 5.77. The quantitative estimate of drug-likeness (QED) is 0.840. The number of rotatable bonds is 2. The van der Waals surface area contributed by atoms with Gasteiger partial charge in [-0.05, 0) is 24.1 Å². The van der Waals surface area contributed by atoms with Crippen LogP contribution in [-0.2, 0) is 4.79 Å². The lowest BCUT2D eigenvalue weighted by Crippen LogP contribution is -2.39. The van der Waals surface area contributed by atoms with E-state index in [-0.39, 0.29) is 5.91 Å². The van der Waals surface area contributed by atoms with Gasteiger partial charge in [-0.15, -0.1) is 0 Å². The van der Waals surface area contributed by atoms with Crippen molar-refractivity contribution < 1.29 is 9.59 Å². The summed E-state index contributed by atoms with van der Waals surface area (Å²) >= 11 is 12.0. The Morgan fingerprint density at radius 1 is 1.09 bits per heavy atom. The monoisotopic (exact) mass is 341 g/mol. The average molecular weight is 342 g/mol. The Balaban J connectivity index is 2.01. The molecule has 0 unspecified atom stereocenters. The Morgan fingerprint density at radius 2 is 1.77 bits per heavy atom. The van der Waals surface area contributed by atoms with Crippen molar-refractivity contribution in [3.63, 3.8) is 0 Å². The van der Waals surface area contributed by atoms with Crippen molar-refractivity contribution in [1.29, 1.82) is 0 Å². The molecule has 0 aromatic heterocycles. The van der Waals surface area contributed by atoms with Crippen LogP contribution >= 0.6 is 23.2 Å². The van der Waals surface area contributed by atoms with Crippen LogP contribution < -0.4 is 5.73 Å². The van der Waals surface area contributed by atoms with Crippen LogP contribution in [0.15, 0.2) is 24.3 Å². The minimum Gasteiger partial charge on any atom is -0.351 e. The highest BCUT2D eigenvalue weighted by molar-refractivity contribution is 6.42. The molecule has 7 heteroatoms. The van der Waals surface area contributed by atoms with E-state index in [1.165, 1.54) is 6.08 Å². The number of carbonyl (C=O) groups is 2. The summed E-state index contributed by atoms with van der Waals surface area (Å²) < 4.78 is 0. The lowest BCUT2D eigenvalue weighted by Gasteiger charge is -2.19. The van der Waals surface area contributed by atoms with Gasteiger partial charge in [0.2, 0.25) is 5.91 Å². The molecule has 0 radical (unpaired) electrons. The maximum atomic E-state index is 12.2. The van der Waals surface area contributed by atoms with E-state index in [4.69, 9.17) is 28.9 Å². The summed E-state index contributed by atoms with van der Waals surface area (Å²) in [6.45, 7) is 2.08. The van der Waals surface area contributed by atoms with Crippen molar-refractivity contribution in [2.75, 3.05) is 26.2 Å². The molecule has 0 saturated carbocycles. The molecule has 1 aliphatic rings. The fourth-order valence-electron chi connectivity index (χ4n) is 2.27. The lowest BCUT2D eigenvalue weighted by molar-refractivity contribution is -0.125. The molecule has 0 aliphatic carbocycles. The first-order valence-electron chi connectivity index (χ1n) is 6.94. The van der Waals surface area contributed by atoms with Crippen molar-refractivity contribution in [1.82, 2.24) is 9.80 Å². The molecule has 0 atom stereocenters. The second-order valence-electron chi connectivity index (χ2n) is 4.98. The Bertz CT molecular complexity index is 604. The third-order valence-electron chi connectivity index (χ3n) is 3.51. The van der Waals surface area contributed by atoms with E-state index in [9.17, 15) is 9.59 Å². The van der Waals surface area contributed by atoms with E-state index < -0.39 is 6.03 Å². The molecule has 3 amide bonds. The van der Waals surface area contributed by atoms with Gasteiger partial charge in [0.15, 0.2) is 0 Å². The van der Waals surface area contributed by atoms with Crippen LogP contribution in [0, 0.1) is 0 Å². The van der Waals surface area contributed by atoms with E-state index in [0.29, 0.717) is 48.2 Å². The molecule has 1 aromatic carbocycles. The third-order valence-corrected chi connectivity index (χ3v) is 4.34. The normalized spacial score (nSPS) is 15.9. The van der Waals surface area contributed by atoms with Crippen molar-refractivity contribution in [3.05, 3.63) is 39.9 Å². The van der Waals surface area contributed by atoms with Gasteiger partial charge in [0.05, 0.1) is 10.0 Å². The molecule has 1 fully saturated rings. The second kappa shape index (κ2) is 7.51. The van der Waals surface area contributed by atoms with Crippen molar-refractivity contribution in [2.24, 2.45) is 5.73 Å². The Hall–Kier alpha value is -1.72. The predicted molar refractivity (Wildman–Crippen MR) is 87.8 cm³/mol. The van der Waals surface area contributed by atoms with Crippen LogP contribution in [0.4, 0.5) is 4.79 Å². The van der Waals surface area contributed by atoms with Crippen molar-refractivity contribution in [3.8, 4) is 0 Å². The number of benzene rings is 1. The maximum Gasteiger partial charge on any atom is 0.314 e. The van der Waals surface area contributed by atoms with Gasteiger partial charge in [-0.3, -0.25) is 4.79 Å². The number of halogens is 2. The maximum absolute atomic E-state index is 12.2. The highest BCUT2D eigenvalue weighted by Crippen LogP contribution is 2.26. The van der Waals surface area contributed by atoms with E-state index in [1.54, 1.807) is 34.1 Å². The SMILES string of the molecule is NC(=O)N1CCCN(C(=O)C=Cc2cccc(Cl)c2Cl)CC1. The van der Waals surface area contributed by atoms with Gasteiger partial charge in [-0.1, -0.05) is 35.3 Å². The number of nitrogens with two attached hydrogens (primary N) is 1. The van der Waals surface area contributed by atoms with Gasteiger partial charge in [0.25, 0.3) is 0 Å². The van der Waals surface area contributed by atoms with Gasteiger partial charge in [-0.25, -0.2) is 4.79 Å². The Morgan fingerprint density at radius 3 is 2.50 bits per heavy atom. The molecule has 1 heterocycles. The fourth-order valence-corrected chi connectivity index (χ4v) is 2.64. The summed E-state index contributed by atoms with van der Waals surface area (Å²) in [6.07, 6.45) is 3.82. The lowest BCUT2D eigenvalue weighted by atomic mass is 10.2. The number of hydrogen-bond donors (Lipinski definition) is 1. The van der Waals surface area contributed by atoms with Crippen molar-refractivity contribution in [2.45, 2.75) is 6.42 Å². The summed E-state index contributed by atoms with van der Waals surface area (Å²) in [4.78, 5) is 26.6. The predicted octanol–water partition coefficient (Wildman–Crippen LogP) is 2.62. The number of carbonyl (C=O) groups excluding carboxylic acids is 2. The molecule has 0 bridgehead atoms. The van der Waals surface area contributed by atoms with Crippen LogP contribution in [0.2, 0.25) is 10.0 Å². The largest absolute Gasteiger partial charge is 0.351 e. The first-order chi connectivity index (χ1) is 10.5. The molecule has 1 saturated heterocycles. The number of nitrogens with zero attached hydrogens (tertiary/aromatic N) is 2. The Labute approximate surface area is 139 Å². The van der Waals surface area contributed by atoms with Crippen LogP contribution in [-0.4, -0.2) is 47.9 Å². The third kappa shape index (κ3) is 4.15. The summed E-state index contributed by atoms with van der Waals surface area (Å²) in [5.41, 5.74) is 5.96. The molecule has 118 valence electrons. The van der Waals surface area contributed by atoms with E-state index >= 15 is 0 Å². The molecule has 5 nitrogen and oxygen atoms in total.